The van der Waals surface area contributed by atoms with Crippen LogP contribution >= 0.6 is 0 Å². The maximum atomic E-state index is 13.4. The Balaban J connectivity index is 2.15. The van der Waals surface area contributed by atoms with Crippen LogP contribution in [-0.2, 0) is 11.2 Å². The Morgan fingerprint density at radius 1 is 1.17 bits per heavy atom. The molecule has 0 saturated heterocycles. The van der Waals surface area contributed by atoms with Gasteiger partial charge in [-0.05, 0) is 29.8 Å². The molecule has 0 bridgehead atoms. The van der Waals surface area contributed by atoms with Crippen molar-refractivity contribution in [2.45, 2.75) is 6.42 Å². The molecule has 0 saturated carbocycles. The molecular weight excluding hydrogens is 301 g/mol. The number of fused-ring (bicyclic) bond motifs is 1. The number of pyridine rings is 1. The molecule has 1 N–H and O–H groups in total. The summed E-state index contributed by atoms with van der Waals surface area (Å²) in [7, 11) is 2.84. The molecule has 3 rings (SSSR count). The number of Topliss-reactive ketones (excluding diaryl/α,β-unsaturated/α-hetero) is 1. The second-order valence-corrected chi connectivity index (χ2v) is 5.03. The number of hydrogen-bond acceptors (Lipinski definition) is 5. The second-order valence-electron chi connectivity index (χ2n) is 5.03. The molecule has 0 spiro atoms. The molecule has 1 aromatic heterocycles. The molecule has 1 heterocycles. The summed E-state index contributed by atoms with van der Waals surface area (Å²) in [6, 6.07) is 7.27. The Hall–Kier alpha value is -2.89. The molecule has 118 valence electrons. The predicted octanol–water partition coefficient (Wildman–Crippen LogP) is 2.73. The maximum absolute atomic E-state index is 13.4. The second kappa shape index (κ2) is 5.72. The van der Waals surface area contributed by atoms with Crippen molar-refractivity contribution >= 4 is 11.4 Å². The summed E-state index contributed by atoms with van der Waals surface area (Å²) in [5.41, 5.74) is 1.90. The van der Waals surface area contributed by atoms with E-state index in [-0.39, 0.29) is 29.5 Å². The number of aromatic hydroxyl groups is 1. The lowest BCUT2D eigenvalue weighted by atomic mass is 9.89. The lowest BCUT2D eigenvalue weighted by molar-refractivity contribution is 0.0950. The van der Waals surface area contributed by atoms with E-state index in [2.05, 4.69) is 4.98 Å². The van der Waals surface area contributed by atoms with Crippen molar-refractivity contribution in [3.05, 3.63) is 58.9 Å². The van der Waals surface area contributed by atoms with Crippen molar-refractivity contribution in [2.24, 2.45) is 0 Å². The lowest BCUT2D eigenvalue weighted by Crippen LogP contribution is -2.19. The van der Waals surface area contributed by atoms with Crippen LogP contribution in [-0.4, -0.2) is 30.1 Å². The Morgan fingerprint density at radius 3 is 2.65 bits per heavy atom. The SMILES string of the molecule is COC1=C(c2ccc(O)c(OC)c2)Cc2nc(F)ccc2C1=O. The van der Waals surface area contributed by atoms with Crippen LogP contribution in [0.4, 0.5) is 4.39 Å². The standard InChI is InChI=1S/C17H14FNO4/c1-22-14-7-9(3-5-13(14)20)11-8-12-10(4-6-15(18)19-12)16(21)17(11)23-2/h3-7,20H,8H2,1-2H3. The number of rotatable bonds is 3. The highest BCUT2D eigenvalue weighted by molar-refractivity contribution is 6.14. The van der Waals surface area contributed by atoms with Gasteiger partial charge in [0.15, 0.2) is 17.3 Å². The maximum Gasteiger partial charge on any atom is 0.229 e. The van der Waals surface area contributed by atoms with Crippen LogP contribution in [0, 0.1) is 5.95 Å². The van der Waals surface area contributed by atoms with Crippen LogP contribution < -0.4 is 4.74 Å². The molecular formula is C17H14FNO4. The Labute approximate surface area is 132 Å². The molecule has 2 aromatic rings. The fourth-order valence-electron chi connectivity index (χ4n) is 2.64. The fraction of sp³-hybridized carbons (Fsp3) is 0.176. The number of halogens is 1. The minimum absolute atomic E-state index is 0.0116. The number of allylic oxidation sites excluding steroid dienone is 2. The Kier molecular flexibility index (Phi) is 3.73. The predicted molar refractivity (Wildman–Crippen MR) is 80.8 cm³/mol. The lowest BCUT2D eigenvalue weighted by Gasteiger charge is -2.21. The van der Waals surface area contributed by atoms with Crippen LogP contribution in [0.5, 0.6) is 11.5 Å². The molecule has 0 amide bonds. The van der Waals surface area contributed by atoms with E-state index in [0.717, 1.165) is 6.07 Å². The van der Waals surface area contributed by atoms with Crippen LogP contribution in [0.15, 0.2) is 36.1 Å². The number of ketones is 1. The first kappa shape index (κ1) is 15.0. The summed E-state index contributed by atoms with van der Waals surface area (Å²) < 4.78 is 23.7. The van der Waals surface area contributed by atoms with E-state index in [1.807, 2.05) is 0 Å². The van der Waals surface area contributed by atoms with E-state index >= 15 is 0 Å². The highest BCUT2D eigenvalue weighted by Crippen LogP contribution is 2.35. The van der Waals surface area contributed by atoms with Gasteiger partial charge in [-0.3, -0.25) is 4.79 Å². The molecule has 1 aromatic carbocycles. The van der Waals surface area contributed by atoms with Crippen LogP contribution in [0.25, 0.3) is 5.57 Å². The number of benzene rings is 1. The molecule has 0 fully saturated rings. The smallest absolute Gasteiger partial charge is 0.229 e. The summed E-state index contributed by atoms with van der Waals surface area (Å²) in [6.45, 7) is 0. The fourth-order valence-corrected chi connectivity index (χ4v) is 2.64. The van der Waals surface area contributed by atoms with Gasteiger partial charge in [0, 0.05) is 17.6 Å². The van der Waals surface area contributed by atoms with Crippen molar-refractivity contribution in [1.29, 1.82) is 0 Å². The summed E-state index contributed by atoms with van der Waals surface area (Å²) >= 11 is 0. The van der Waals surface area contributed by atoms with Crippen molar-refractivity contribution in [1.82, 2.24) is 4.98 Å². The highest BCUT2D eigenvalue weighted by Gasteiger charge is 2.29. The number of phenols is 1. The summed E-state index contributed by atoms with van der Waals surface area (Å²) in [6.07, 6.45) is 0.246. The van der Waals surface area contributed by atoms with Gasteiger partial charge >= 0.3 is 0 Å². The number of carbonyl (C=O) groups excluding carboxylic acids is 1. The van der Waals surface area contributed by atoms with Crippen molar-refractivity contribution < 1.29 is 23.8 Å². The normalized spacial score (nSPS) is 13.8. The zero-order valence-corrected chi connectivity index (χ0v) is 12.6. The third-order valence-corrected chi connectivity index (χ3v) is 3.74. The zero-order chi connectivity index (χ0) is 16.6. The highest BCUT2D eigenvalue weighted by atomic mass is 19.1. The summed E-state index contributed by atoms with van der Waals surface area (Å²) in [5.74, 6) is -0.541. The van der Waals surface area contributed by atoms with Gasteiger partial charge in [-0.2, -0.15) is 4.39 Å². The van der Waals surface area contributed by atoms with Crippen molar-refractivity contribution in [3.63, 3.8) is 0 Å². The van der Waals surface area contributed by atoms with Crippen molar-refractivity contribution in [3.8, 4) is 11.5 Å². The van der Waals surface area contributed by atoms with E-state index in [1.54, 1.807) is 12.1 Å². The van der Waals surface area contributed by atoms with E-state index in [1.165, 1.54) is 26.4 Å². The number of aromatic nitrogens is 1. The number of phenolic OH excluding ortho intramolecular Hbond substituents is 1. The van der Waals surface area contributed by atoms with Crippen molar-refractivity contribution in [2.75, 3.05) is 14.2 Å². The average Bonchev–Trinajstić information content (AvgIpc) is 2.55. The van der Waals surface area contributed by atoms with Gasteiger partial charge in [0.05, 0.1) is 19.9 Å². The number of hydrogen-bond donors (Lipinski definition) is 1. The topological polar surface area (TPSA) is 68.7 Å². The number of ether oxygens (including phenoxy) is 2. The number of carbonyl (C=O) groups is 1. The molecule has 0 radical (unpaired) electrons. The molecule has 6 heteroatoms. The first-order valence-electron chi connectivity index (χ1n) is 6.89. The minimum atomic E-state index is -0.639. The molecule has 1 aliphatic rings. The Morgan fingerprint density at radius 2 is 1.96 bits per heavy atom. The van der Waals surface area contributed by atoms with E-state index in [4.69, 9.17) is 9.47 Å². The third kappa shape index (κ3) is 2.52. The van der Waals surface area contributed by atoms with Crippen LogP contribution in [0.2, 0.25) is 0 Å². The summed E-state index contributed by atoms with van der Waals surface area (Å²) in [5, 5.41) is 9.70. The molecule has 23 heavy (non-hydrogen) atoms. The first-order valence-corrected chi connectivity index (χ1v) is 6.89. The van der Waals surface area contributed by atoms with Gasteiger partial charge < -0.3 is 14.6 Å². The average molecular weight is 315 g/mol. The van der Waals surface area contributed by atoms with Gasteiger partial charge in [-0.25, -0.2) is 4.98 Å². The van der Waals surface area contributed by atoms with Crippen LogP contribution in [0.3, 0.4) is 0 Å². The monoisotopic (exact) mass is 315 g/mol. The number of nitrogens with zero attached hydrogens (tertiary/aromatic N) is 1. The van der Waals surface area contributed by atoms with E-state index < -0.39 is 5.95 Å². The molecule has 1 aliphatic carbocycles. The van der Waals surface area contributed by atoms with Gasteiger partial charge in [-0.1, -0.05) is 6.07 Å². The minimum Gasteiger partial charge on any atom is -0.504 e. The first-order chi connectivity index (χ1) is 11.0. The quantitative estimate of drug-likeness (QED) is 0.882. The van der Waals surface area contributed by atoms with E-state index in [9.17, 15) is 14.3 Å². The zero-order valence-electron chi connectivity index (χ0n) is 12.6. The molecule has 0 aliphatic heterocycles. The molecule has 5 nitrogen and oxygen atoms in total. The van der Waals surface area contributed by atoms with Gasteiger partial charge in [-0.15, -0.1) is 0 Å². The van der Waals surface area contributed by atoms with Gasteiger partial charge in [0.25, 0.3) is 0 Å². The molecule has 0 unspecified atom stereocenters. The Bertz CT molecular complexity index is 829. The number of methoxy groups -OCH3 is 2. The largest absolute Gasteiger partial charge is 0.504 e. The van der Waals surface area contributed by atoms with E-state index in [0.29, 0.717) is 22.4 Å². The molecule has 0 atom stereocenters. The van der Waals surface area contributed by atoms with Gasteiger partial charge in [0.2, 0.25) is 11.7 Å². The summed E-state index contributed by atoms with van der Waals surface area (Å²) in [4.78, 5) is 16.3. The van der Waals surface area contributed by atoms with Crippen LogP contribution in [0.1, 0.15) is 21.6 Å². The van der Waals surface area contributed by atoms with Gasteiger partial charge in [0.1, 0.15) is 0 Å². The third-order valence-electron chi connectivity index (χ3n) is 3.74.